The molecule has 8 rings (SSSR count). The number of nitrogens with zero attached hydrogens (tertiary/aromatic N) is 1. The molecule has 7 fully saturated rings. The van der Waals surface area contributed by atoms with Gasteiger partial charge in [0.2, 0.25) is 0 Å². The van der Waals surface area contributed by atoms with Crippen LogP contribution in [0.4, 0.5) is 0 Å². The van der Waals surface area contributed by atoms with Crippen molar-refractivity contribution in [1.82, 2.24) is 4.90 Å². The zero-order chi connectivity index (χ0) is 29.0. The van der Waals surface area contributed by atoms with Crippen molar-refractivity contribution in [1.29, 1.82) is 0 Å². The first-order valence-electron chi connectivity index (χ1n) is 18.0. The second-order valence-corrected chi connectivity index (χ2v) is 17.6. The maximum absolute atomic E-state index is 12.1. The Kier molecular flexibility index (Phi) is 6.81. The Morgan fingerprint density at radius 2 is 1.62 bits per heavy atom. The molecule has 4 heteroatoms. The first-order chi connectivity index (χ1) is 20.1. The average molecular weight is 576 g/mol. The zero-order valence-corrected chi connectivity index (χ0v) is 26.5. The van der Waals surface area contributed by atoms with Gasteiger partial charge in [-0.1, -0.05) is 44.2 Å². The van der Waals surface area contributed by atoms with Gasteiger partial charge in [-0.15, -0.1) is 0 Å². The Balaban J connectivity index is 1.06. The fourth-order valence-corrected chi connectivity index (χ4v) is 13.8. The maximum atomic E-state index is 12.1. The molecule has 5 saturated carbocycles. The zero-order valence-electron chi connectivity index (χ0n) is 26.5. The molecule has 1 aromatic carbocycles. The van der Waals surface area contributed by atoms with Gasteiger partial charge in [0.15, 0.2) is 0 Å². The number of rotatable bonds is 2. The molecule has 15 atom stereocenters. The molecule has 1 aromatic rings. The second-order valence-electron chi connectivity index (χ2n) is 17.6. The molecule has 2 heterocycles. The minimum Gasteiger partial charge on any atom is -0.393 e. The molecule has 3 N–H and O–H groups in total. The number of benzene rings is 1. The molecule has 5 aliphatic carbocycles. The molecule has 42 heavy (non-hydrogen) atoms. The van der Waals surface area contributed by atoms with E-state index in [4.69, 9.17) is 0 Å². The molecule has 7 aliphatic rings. The average Bonchev–Trinajstić information content (AvgIpc) is 3.53. The highest BCUT2D eigenvalue weighted by Crippen LogP contribution is 2.70. The van der Waals surface area contributed by atoms with Crippen LogP contribution in [0.15, 0.2) is 30.3 Å². The van der Waals surface area contributed by atoms with Crippen LogP contribution in [0.5, 0.6) is 0 Å². The first-order valence-corrected chi connectivity index (χ1v) is 18.0. The molecule has 4 nitrogen and oxygen atoms in total. The first kappa shape index (κ1) is 28.5. The lowest BCUT2D eigenvalue weighted by Crippen LogP contribution is -2.67. The van der Waals surface area contributed by atoms with Crippen LogP contribution < -0.4 is 0 Å². The number of hydrogen-bond acceptors (Lipinski definition) is 4. The molecule has 232 valence electrons. The Labute approximate surface area is 254 Å². The van der Waals surface area contributed by atoms with E-state index in [-0.39, 0.29) is 29.0 Å². The van der Waals surface area contributed by atoms with Gasteiger partial charge in [0.1, 0.15) is 0 Å². The van der Waals surface area contributed by atoms with E-state index < -0.39 is 5.60 Å². The topological polar surface area (TPSA) is 63.9 Å². The minimum atomic E-state index is -0.579. The summed E-state index contributed by atoms with van der Waals surface area (Å²) in [5, 5.41) is 35.6. The van der Waals surface area contributed by atoms with Crippen LogP contribution in [-0.4, -0.2) is 57.2 Å². The van der Waals surface area contributed by atoms with Crippen molar-refractivity contribution in [2.75, 3.05) is 13.1 Å². The molecular formula is C38H57NO3. The van der Waals surface area contributed by atoms with Gasteiger partial charge in [-0.25, -0.2) is 0 Å². The van der Waals surface area contributed by atoms with Gasteiger partial charge in [-0.2, -0.15) is 0 Å². The number of fused-ring (bicyclic) bond motifs is 8. The van der Waals surface area contributed by atoms with Crippen LogP contribution in [0.2, 0.25) is 0 Å². The molecule has 0 radical (unpaired) electrons. The van der Waals surface area contributed by atoms with Crippen molar-refractivity contribution in [3.63, 3.8) is 0 Å². The number of aliphatic hydroxyl groups excluding tert-OH is 2. The fraction of sp³-hybridized carbons (Fsp3) is 0.842. The van der Waals surface area contributed by atoms with E-state index in [0.29, 0.717) is 47.5 Å². The van der Waals surface area contributed by atoms with Crippen molar-refractivity contribution >= 4 is 0 Å². The van der Waals surface area contributed by atoms with Crippen LogP contribution >= 0.6 is 0 Å². The minimum absolute atomic E-state index is 0.0221. The lowest BCUT2D eigenvalue weighted by Gasteiger charge is -2.60. The lowest BCUT2D eigenvalue weighted by atomic mass is 9.46. The summed E-state index contributed by atoms with van der Waals surface area (Å²) >= 11 is 0. The third-order valence-corrected chi connectivity index (χ3v) is 15.5. The van der Waals surface area contributed by atoms with Gasteiger partial charge in [0.05, 0.1) is 17.8 Å². The summed E-state index contributed by atoms with van der Waals surface area (Å²) in [6.45, 7) is 9.48. The molecule has 2 saturated heterocycles. The van der Waals surface area contributed by atoms with E-state index >= 15 is 0 Å². The highest BCUT2D eigenvalue weighted by Gasteiger charge is 2.67. The Morgan fingerprint density at radius 1 is 0.810 bits per heavy atom. The van der Waals surface area contributed by atoms with Crippen LogP contribution in [0, 0.1) is 64.1 Å². The molecule has 0 aromatic heterocycles. The van der Waals surface area contributed by atoms with Crippen LogP contribution in [-0.2, 0) is 6.42 Å². The van der Waals surface area contributed by atoms with E-state index in [1.54, 1.807) is 0 Å². The van der Waals surface area contributed by atoms with Gasteiger partial charge in [0.25, 0.3) is 0 Å². The van der Waals surface area contributed by atoms with Gasteiger partial charge >= 0.3 is 0 Å². The van der Waals surface area contributed by atoms with E-state index in [1.165, 1.54) is 44.2 Å². The van der Waals surface area contributed by atoms with E-state index in [0.717, 1.165) is 57.4 Å². The molecule has 1 spiro atoms. The van der Waals surface area contributed by atoms with Crippen LogP contribution in [0.1, 0.15) is 97.0 Å². The largest absolute Gasteiger partial charge is 0.393 e. The summed E-state index contributed by atoms with van der Waals surface area (Å²) in [5.41, 5.74) is 0.985. The van der Waals surface area contributed by atoms with E-state index in [9.17, 15) is 15.3 Å². The van der Waals surface area contributed by atoms with Gasteiger partial charge in [-0.05, 0) is 154 Å². The highest BCUT2D eigenvalue weighted by atomic mass is 16.3. The van der Waals surface area contributed by atoms with Crippen molar-refractivity contribution in [3.8, 4) is 0 Å². The number of aliphatic hydroxyl groups is 3. The molecule has 2 aliphatic heterocycles. The smallest absolute Gasteiger partial charge is 0.0805 e. The monoisotopic (exact) mass is 575 g/mol. The van der Waals surface area contributed by atoms with Crippen molar-refractivity contribution in [2.24, 2.45) is 64.1 Å². The highest BCUT2D eigenvalue weighted by molar-refractivity contribution is 5.19. The number of hydrogen-bond donors (Lipinski definition) is 3. The Bertz CT molecular complexity index is 1150. The van der Waals surface area contributed by atoms with Gasteiger partial charge < -0.3 is 15.3 Å². The molecular weight excluding hydrogens is 518 g/mol. The van der Waals surface area contributed by atoms with Crippen LogP contribution in [0.25, 0.3) is 0 Å². The quantitative estimate of drug-likeness (QED) is 0.386. The predicted molar refractivity (Wildman–Crippen MR) is 167 cm³/mol. The summed E-state index contributed by atoms with van der Waals surface area (Å²) in [7, 11) is 0. The summed E-state index contributed by atoms with van der Waals surface area (Å²) in [6.07, 6.45) is 13.1. The second kappa shape index (κ2) is 10.0. The van der Waals surface area contributed by atoms with E-state index in [1.807, 2.05) is 0 Å². The fourth-order valence-electron chi connectivity index (χ4n) is 13.8. The van der Waals surface area contributed by atoms with Crippen molar-refractivity contribution < 1.29 is 15.3 Å². The number of piperidine rings is 2. The standard InChI is InChI=1S/C38H57NO3/c1-23-9-12-34-37(3,42)30-11-10-26-27(29(30)21-39(34)20-23)16-31-28(26)17-33(40)32-18-35(41)38(22-36(31,32)2)14-13-25(19-38)15-24-7-5-4-6-8-24/h4-8,23,25-35,40-42H,9-22H2,1-3H3. The predicted octanol–water partition coefficient (Wildman–Crippen LogP) is 6.32. The molecule has 15 unspecified atom stereocenters. The third-order valence-electron chi connectivity index (χ3n) is 15.5. The summed E-state index contributed by atoms with van der Waals surface area (Å²) < 4.78 is 0. The third kappa shape index (κ3) is 4.20. The SMILES string of the molecule is CC1CCC2N(C1)CC1C3CC4C(CC(O)C5CC(O)C6(CCC(Cc7ccccc7)C6)CC54C)C3CCC1C2(C)O. The Morgan fingerprint density at radius 3 is 2.43 bits per heavy atom. The van der Waals surface area contributed by atoms with Gasteiger partial charge in [-0.3, -0.25) is 4.90 Å². The molecule has 0 bridgehead atoms. The van der Waals surface area contributed by atoms with Gasteiger partial charge in [0, 0.05) is 19.1 Å². The van der Waals surface area contributed by atoms with Crippen molar-refractivity contribution in [2.45, 2.75) is 122 Å². The maximum Gasteiger partial charge on any atom is 0.0805 e. The normalized spacial score (nSPS) is 55.4. The van der Waals surface area contributed by atoms with Crippen molar-refractivity contribution in [3.05, 3.63) is 35.9 Å². The summed E-state index contributed by atoms with van der Waals surface area (Å²) in [5.74, 6) is 5.29. The van der Waals surface area contributed by atoms with Crippen LogP contribution in [0.3, 0.4) is 0 Å². The van der Waals surface area contributed by atoms with E-state index in [2.05, 4.69) is 56.0 Å². The summed E-state index contributed by atoms with van der Waals surface area (Å²) in [6, 6.07) is 11.3. The lowest BCUT2D eigenvalue weighted by molar-refractivity contribution is -0.180. The molecule has 0 amide bonds. The summed E-state index contributed by atoms with van der Waals surface area (Å²) in [4.78, 5) is 2.70. The Hall–Kier alpha value is -0.940.